The van der Waals surface area contributed by atoms with Crippen molar-refractivity contribution in [1.29, 1.82) is 0 Å². The molecule has 1 aliphatic heterocycles. The minimum atomic E-state index is -3.98. The van der Waals surface area contributed by atoms with Crippen LogP contribution in [0.5, 0.6) is 0 Å². The lowest BCUT2D eigenvalue weighted by Gasteiger charge is -2.30. The van der Waals surface area contributed by atoms with Crippen LogP contribution in [0.25, 0.3) is 10.2 Å². The summed E-state index contributed by atoms with van der Waals surface area (Å²) in [6.45, 7) is 6.84. The highest BCUT2D eigenvalue weighted by atomic mass is 32.2. The maximum absolute atomic E-state index is 12.5. The number of nitrogens with zero attached hydrogens (tertiary/aromatic N) is 3. The molecule has 1 aromatic carbocycles. The summed E-state index contributed by atoms with van der Waals surface area (Å²) in [6, 6.07) is 5.60. The molecule has 2 aromatic rings. The third kappa shape index (κ3) is 6.73. The number of aryl methyl sites for hydroxylation is 1. The first-order chi connectivity index (χ1) is 15.6. The Balaban J connectivity index is 1.80. The third-order valence-electron chi connectivity index (χ3n) is 5.47. The Bertz CT molecular complexity index is 1220. The smallest absolute Gasteiger partial charge is 0.326 e. The Morgan fingerprint density at radius 2 is 1.88 bits per heavy atom. The van der Waals surface area contributed by atoms with Crippen LogP contribution >= 0.6 is 11.3 Å². The molecule has 3 rings (SSSR count). The SMILES string of the molecule is CCOC(=O)Cn1c(=NC(=O)CS(=O)(=O)CC(=O)N2CCC(C)CC2)sc2cc(C)ccc21. The van der Waals surface area contributed by atoms with Crippen molar-refractivity contribution in [2.45, 2.75) is 40.2 Å². The van der Waals surface area contributed by atoms with Crippen molar-refractivity contribution in [3.63, 3.8) is 0 Å². The summed E-state index contributed by atoms with van der Waals surface area (Å²) < 4.78 is 32.4. The minimum absolute atomic E-state index is 0.151. The average molecular weight is 496 g/mol. The molecule has 0 atom stereocenters. The molecule has 11 heteroatoms. The van der Waals surface area contributed by atoms with Crippen molar-refractivity contribution < 1.29 is 27.5 Å². The van der Waals surface area contributed by atoms with Crippen LogP contribution in [0.3, 0.4) is 0 Å². The lowest BCUT2D eigenvalue weighted by molar-refractivity contribution is -0.143. The van der Waals surface area contributed by atoms with E-state index in [-0.39, 0.29) is 18.0 Å². The summed E-state index contributed by atoms with van der Waals surface area (Å²) in [7, 11) is -3.98. The number of hydrogen-bond acceptors (Lipinski definition) is 7. The molecule has 1 fully saturated rings. The van der Waals surface area contributed by atoms with Gasteiger partial charge in [-0.1, -0.05) is 24.3 Å². The van der Waals surface area contributed by atoms with E-state index in [1.165, 1.54) is 11.3 Å². The Hall–Kier alpha value is -2.53. The lowest BCUT2D eigenvalue weighted by Crippen LogP contribution is -2.41. The molecule has 9 nitrogen and oxygen atoms in total. The van der Waals surface area contributed by atoms with Crippen LogP contribution in [0.4, 0.5) is 0 Å². The summed E-state index contributed by atoms with van der Waals surface area (Å²) in [5.74, 6) is -2.91. The Labute approximate surface area is 197 Å². The predicted octanol–water partition coefficient (Wildman–Crippen LogP) is 1.67. The highest BCUT2D eigenvalue weighted by molar-refractivity contribution is 7.92. The molecule has 2 heterocycles. The van der Waals surface area contributed by atoms with Crippen molar-refractivity contribution in [1.82, 2.24) is 9.47 Å². The van der Waals surface area contributed by atoms with E-state index >= 15 is 0 Å². The molecule has 0 aliphatic carbocycles. The second-order valence-corrected chi connectivity index (χ2v) is 11.4. The summed E-state index contributed by atoms with van der Waals surface area (Å²) in [4.78, 5) is 42.8. The Morgan fingerprint density at radius 3 is 2.55 bits per heavy atom. The number of benzene rings is 1. The number of amides is 2. The van der Waals surface area contributed by atoms with Gasteiger partial charge in [0.15, 0.2) is 14.6 Å². The van der Waals surface area contributed by atoms with Gasteiger partial charge in [0.1, 0.15) is 18.1 Å². The van der Waals surface area contributed by atoms with Gasteiger partial charge in [0.25, 0.3) is 5.91 Å². The monoisotopic (exact) mass is 495 g/mol. The summed E-state index contributed by atoms with van der Waals surface area (Å²) in [5, 5.41) is 0. The van der Waals surface area contributed by atoms with Gasteiger partial charge in [-0.2, -0.15) is 4.99 Å². The molecule has 180 valence electrons. The molecule has 33 heavy (non-hydrogen) atoms. The summed E-state index contributed by atoms with van der Waals surface area (Å²) in [5.41, 5.74) is 1.70. The summed E-state index contributed by atoms with van der Waals surface area (Å²) in [6.07, 6.45) is 1.68. The topological polar surface area (TPSA) is 115 Å². The number of piperidine rings is 1. The number of hydrogen-bond donors (Lipinski definition) is 0. The fraction of sp³-hybridized carbons (Fsp3) is 0.545. The molecular formula is C22H29N3O6S2. The van der Waals surface area contributed by atoms with E-state index in [1.807, 2.05) is 25.1 Å². The quantitative estimate of drug-likeness (QED) is 0.540. The van der Waals surface area contributed by atoms with Crippen LogP contribution in [0.2, 0.25) is 0 Å². The first kappa shape index (κ1) is 25.1. The maximum atomic E-state index is 12.5. The van der Waals surface area contributed by atoms with Gasteiger partial charge in [0.2, 0.25) is 5.91 Å². The molecule has 0 saturated carbocycles. The van der Waals surface area contributed by atoms with Gasteiger partial charge in [-0.25, -0.2) is 8.42 Å². The largest absolute Gasteiger partial charge is 0.465 e. The molecule has 2 amide bonds. The van der Waals surface area contributed by atoms with Crippen LogP contribution in [0, 0.1) is 12.8 Å². The van der Waals surface area contributed by atoms with Crippen LogP contribution in [0.1, 0.15) is 32.3 Å². The van der Waals surface area contributed by atoms with E-state index in [1.54, 1.807) is 16.4 Å². The predicted molar refractivity (Wildman–Crippen MR) is 125 cm³/mol. The number of esters is 1. The van der Waals surface area contributed by atoms with Crippen LogP contribution < -0.4 is 4.80 Å². The van der Waals surface area contributed by atoms with Crippen molar-refractivity contribution in [2.24, 2.45) is 10.9 Å². The van der Waals surface area contributed by atoms with Crippen molar-refractivity contribution in [3.05, 3.63) is 28.6 Å². The first-order valence-corrected chi connectivity index (χ1v) is 13.5. The average Bonchev–Trinajstić information content (AvgIpc) is 3.03. The Morgan fingerprint density at radius 1 is 1.18 bits per heavy atom. The van der Waals surface area contributed by atoms with E-state index in [4.69, 9.17) is 4.74 Å². The zero-order valence-corrected chi connectivity index (χ0v) is 20.7. The van der Waals surface area contributed by atoms with Gasteiger partial charge in [-0.05, 0) is 50.3 Å². The van der Waals surface area contributed by atoms with E-state index < -0.39 is 39.1 Å². The molecule has 0 radical (unpaired) electrons. The fourth-order valence-corrected chi connectivity index (χ4v) is 5.92. The van der Waals surface area contributed by atoms with Crippen molar-refractivity contribution in [2.75, 3.05) is 31.2 Å². The molecule has 1 aliphatic rings. The number of fused-ring (bicyclic) bond motifs is 1. The number of sulfone groups is 1. The third-order valence-corrected chi connectivity index (χ3v) is 7.89. The highest BCUT2D eigenvalue weighted by Crippen LogP contribution is 2.19. The zero-order valence-electron chi connectivity index (χ0n) is 19.1. The van der Waals surface area contributed by atoms with Gasteiger partial charge in [-0.3, -0.25) is 14.4 Å². The van der Waals surface area contributed by atoms with E-state index in [9.17, 15) is 22.8 Å². The Kier molecular flexibility index (Phi) is 8.06. The van der Waals surface area contributed by atoms with E-state index in [0.29, 0.717) is 24.5 Å². The van der Waals surface area contributed by atoms with E-state index in [0.717, 1.165) is 23.1 Å². The number of likely N-dealkylation sites (tertiary alicyclic amines) is 1. The number of carbonyl (C=O) groups is 3. The van der Waals surface area contributed by atoms with E-state index in [2.05, 4.69) is 11.9 Å². The van der Waals surface area contributed by atoms with Crippen molar-refractivity contribution >= 4 is 49.2 Å². The molecule has 0 N–H and O–H groups in total. The standard InChI is InChI=1S/C22H29N3O6S2/c1-4-31-21(28)12-25-17-6-5-16(3)11-18(17)32-22(25)23-19(26)13-33(29,30)14-20(27)24-9-7-15(2)8-10-24/h5-6,11,15H,4,7-10,12-14H2,1-3H3. The second kappa shape index (κ2) is 10.6. The molecule has 0 spiro atoms. The summed E-state index contributed by atoms with van der Waals surface area (Å²) >= 11 is 1.19. The fourth-order valence-electron chi connectivity index (χ4n) is 3.67. The molecule has 1 saturated heterocycles. The van der Waals surface area contributed by atoms with Gasteiger partial charge in [0, 0.05) is 13.1 Å². The normalized spacial score (nSPS) is 15.7. The first-order valence-electron chi connectivity index (χ1n) is 10.9. The van der Waals surface area contributed by atoms with Gasteiger partial charge in [0.05, 0.1) is 16.8 Å². The lowest BCUT2D eigenvalue weighted by atomic mass is 9.99. The zero-order chi connectivity index (χ0) is 24.2. The van der Waals surface area contributed by atoms with Crippen LogP contribution in [0.15, 0.2) is 23.2 Å². The number of thiazole rings is 1. The second-order valence-electron chi connectivity index (χ2n) is 8.35. The molecule has 0 bridgehead atoms. The molecule has 0 unspecified atom stereocenters. The number of rotatable bonds is 7. The highest BCUT2D eigenvalue weighted by Gasteiger charge is 2.26. The van der Waals surface area contributed by atoms with Gasteiger partial charge in [-0.15, -0.1) is 0 Å². The molecule has 1 aromatic heterocycles. The van der Waals surface area contributed by atoms with Gasteiger partial charge < -0.3 is 14.2 Å². The number of ether oxygens (including phenoxy) is 1. The van der Waals surface area contributed by atoms with Crippen LogP contribution in [-0.2, 0) is 35.5 Å². The van der Waals surface area contributed by atoms with Crippen molar-refractivity contribution in [3.8, 4) is 0 Å². The van der Waals surface area contributed by atoms with Gasteiger partial charge >= 0.3 is 5.97 Å². The molecular weight excluding hydrogens is 466 g/mol. The number of carbonyl (C=O) groups excluding carboxylic acids is 3. The maximum Gasteiger partial charge on any atom is 0.326 e. The minimum Gasteiger partial charge on any atom is -0.465 e. The van der Waals surface area contributed by atoms with Crippen LogP contribution in [-0.4, -0.2) is 66.9 Å². The number of aromatic nitrogens is 1.